The van der Waals surface area contributed by atoms with Crippen molar-refractivity contribution in [2.45, 2.75) is 6.42 Å². The Hall–Kier alpha value is -2.07. The summed E-state index contributed by atoms with van der Waals surface area (Å²) >= 11 is 0. The molecule has 2 aromatic rings. The lowest BCUT2D eigenvalue weighted by molar-refractivity contribution is 0.103. The van der Waals surface area contributed by atoms with Gasteiger partial charge in [-0.15, -0.1) is 0 Å². The smallest absolute Gasteiger partial charge is 0.196 e. The molecule has 0 aliphatic carbocycles. The number of halogens is 2. The zero-order chi connectivity index (χ0) is 13.8. The summed E-state index contributed by atoms with van der Waals surface area (Å²) in [7, 11) is 0. The van der Waals surface area contributed by atoms with Gasteiger partial charge < -0.3 is 5.73 Å². The second kappa shape index (κ2) is 5.71. The molecule has 2 rings (SSSR count). The molecule has 0 saturated heterocycles. The number of rotatable bonds is 4. The molecular weight excluding hydrogens is 248 g/mol. The molecule has 2 nitrogen and oxygen atoms in total. The highest BCUT2D eigenvalue weighted by molar-refractivity contribution is 6.10. The summed E-state index contributed by atoms with van der Waals surface area (Å²) in [6, 6.07) is 10.4. The molecule has 0 unspecified atom stereocenters. The van der Waals surface area contributed by atoms with E-state index in [1.54, 1.807) is 24.3 Å². The van der Waals surface area contributed by atoms with Gasteiger partial charge in [-0.3, -0.25) is 4.79 Å². The SMILES string of the molecule is NCCc1ccccc1C(=O)c1cccc(F)c1F. The lowest BCUT2D eigenvalue weighted by Gasteiger charge is -2.08. The molecule has 0 aliphatic heterocycles. The molecule has 19 heavy (non-hydrogen) atoms. The van der Waals surface area contributed by atoms with Crippen molar-refractivity contribution in [2.24, 2.45) is 5.73 Å². The number of ketones is 1. The molecule has 0 aromatic heterocycles. The molecule has 0 fully saturated rings. The van der Waals surface area contributed by atoms with Crippen molar-refractivity contribution < 1.29 is 13.6 Å². The lowest BCUT2D eigenvalue weighted by atomic mass is 9.96. The van der Waals surface area contributed by atoms with Gasteiger partial charge in [0.1, 0.15) is 0 Å². The maximum absolute atomic E-state index is 13.6. The fraction of sp³-hybridized carbons (Fsp3) is 0.133. The van der Waals surface area contributed by atoms with E-state index in [4.69, 9.17) is 5.73 Å². The quantitative estimate of drug-likeness (QED) is 0.860. The number of hydrogen-bond donors (Lipinski definition) is 1. The van der Waals surface area contributed by atoms with Gasteiger partial charge in [0, 0.05) is 5.56 Å². The predicted octanol–water partition coefficient (Wildman–Crippen LogP) is 2.70. The molecule has 98 valence electrons. The van der Waals surface area contributed by atoms with Gasteiger partial charge in [-0.05, 0) is 30.7 Å². The minimum absolute atomic E-state index is 0.260. The normalized spacial score (nSPS) is 10.5. The molecule has 4 heteroatoms. The molecule has 0 spiro atoms. The Labute approximate surface area is 109 Å². The van der Waals surface area contributed by atoms with Gasteiger partial charge in [0.25, 0.3) is 0 Å². The zero-order valence-electron chi connectivity index (χ0n) is 10.2. The zero-order valence-corrected chi connectivity index (χ0v) is 10.2. The van der Waals surface area contributed by atoms with Crippen LogP contribution in [0, 0.1) is 11.6 Å². The van der Waals surface area contributed by atoms with Crippen LogP contribution in [0.1, 0.15) is 21.5 Å². The average molecular weight is 261 g/mol. The minimum Gasteiger partial charge on any atom is -0.330 e. The number of carbonyl (C=O) groups excluding carboxylic acids is 1. The third kappa shape index (κ3) is 2.69. The maximum Gasteiger partial charge on any atom is 0.196 e. The largest absolute Gasteiger partial charge is 0.330 e. The average Bonchev–Trinajstić information content (AvgIpc) is 2.42. The minimum atomic E-state index is -1.12. The van der Waals surface area contributed by atoms with E-state index in [-0.39, 0.29) is 5.56 Å². The summed E-state index contributed by atoms with van der Waals surface area (Å²) < 4.78 is 26.8. The Bertz CT molecular complexity index is 611. The van der Waals surface area contributed by atoms with Crippen molar-refractivity contribution in [1.29, 1.82) is 0 Å². The van der Waals surface area contributed by atoms with Crippen LogP contribution in [0.25, 0.3) is 0 Å². The highest BCUT2D eigenvalue weighted by Gasteiger charge is 2.18. The van der Waals surface area contributed by atoms with Gasteiger partial charge in [-0.2, -0.15) is 0 Å². The third-order valence-electron chi connectivity index (χ3n) is 2.87. The van der Waals surface area contributed by atoms with Crippen LogP contribution in [0.2, 0.25) is 0 Å². The molecule has 0 aliphatic rings. The molecule has 0 radical (unpaired) electrons. The van der Waals surface area contributed by atoms with Crippen LogP contribution in [0.5, 0.6) is 0 Å². The fourth-order valence-corrected chi connectivity index (χ4v) is 1.94. The van der Waals surface area contributed by atoms with Gasteiger partial charge in [0.05, 0.1) is 5.56 Å². The fourth-order valence-electron chi connectivity index (χ4n) is 1.94. The van der Waals surface area contributed by atoms with E-state index >= 15 is 0 Å². The Morgan fingerprint density at radius 1 is 1.00 bits per heavy atom. The molecular formula is C15H13F2NO. The highest BCUT2D eigenvalue weighted by atomic mass is 19.2. The van der Waals surface area contributed by atoms with Crippen molar-refractivity contribution >= 4 is 5.78 Å². The van der Waals surface area contributed by atoms with Crippen LogP contribution in [-0.4, -0.2) is 12.3 Å². The lowest BCUT2D eigenvalue weighted by Crippen LogP contribution is -2.11. The first-order valence-electron chi connectivity index (χ1n) is 5.92. The molecule has 0 amide bonds. The molecule has 2 aromatic carbocycles. The van der Waals surface area contributed by atoms with E-state index in [0.29, 0.717) is 18.5 Å². The molecule has 0 atom stereocenters. The first kappa shape index (κ1) is 13.4. The summed E-state index contributed by atoms with van der Waals surface area (Å²) in [4.78, 5) is 12.3. The molecule has 0 bridgehead atoms. The van der Waals surface area contributed by atoms with Crippen molar-refractivity contribution in [3.05, 3.63) is 70.8 Å². The Balaban J connectivity index is 2.47. The topological polar surface area (TPSA) is 43.1 Å². The van der Waals surface area contributed by atoms with Gasteiger partial charge in [0.15, 0.2) is 17.4 Å². The van der Waals surface area contributed by atoms with Crippen molar-refractivity contribution in [2.75, 3.05) is 6.54 Å². The monoisotopic (exact) mass is 261 g/mol. The number of nitrogens with two attached hydrogens (primary N) is 1. The highest BCUT2D eigenvalue weighted by Crippen LogP contribution is 2.19. The molecule has 0 saturated carbocycles. The van der Waals surface area contributed by atoms with Crippen LogP contribution >= 0.6 is 0 Å². The summed E-state index contributed by atoms with van der Waals surface area (Å²) in [6.07, 6.45) is 0.513. The van der Waals surface area contributed by atoms with E-state index in [1.807, 2.05) is 0 Å². The Morgan fingerprint density at radius 3 is 2.42 bits per heavy atom. The third-order valence-corrected chi connectivity index (χ3v) is 2.87. The van der Waals surface area contributed by atoms with Crippen molar-refractivity contribution in [3.63, 3.8) is 0 Å². The van der Waals surface area contributed by atoms with Crippen LogP contribution in [0.3, 0.4) is 0 Å². The molecule has 2 N–H and O–H groups in total. The van der Waals surface area contributed by atoms with Gasteiger partial charge in [0.2, 0.25) is 0 Å². The summed E-state index contributed by atoms with van der Waals surface area (Å²) in [5.74, 6) is -2.67. The Morgan fingerprint density at radius 2 is 1.68 bits per heavy atom. The first-order chi connectivity index (χ1) is 9.15. The predicted molar refractivity (Wildman–Crippen MR) is 69.0 cm³/mol. The van der Waals surface area contributed by atoms with Gasteiger partial charge >= 0.3 is 0 Å². The van der Waals surface area contributed by atoms with Crippen molar-refractivity contribution in [3.8, 4) is 0 Å². The number of carbonyl (C=O) groups is 1. The van der Waals surface area contributed by atoms with Crippen LogP contribution in [-0.2, 0) is 6.42 Å². The summed E-state index contributed by atoms with van der Waals surface area (Å²) in [5, 5.41) is 0. The van der Waals surface area contributed by atoms with Crippen LogP contribution < -0.4 is 5.73 Å². The van der Waals surface area contributed by atoms with E-state index in [9.17, 15) is 13.6 Å². The standard InChI is InChI=1S/C15H13F2NO/c16-13-7-3-6-12(14(13)17)15(19)11-5-2-1-4-10(11)8-9-18/h1-7H,8-9,18H2. The summed E-state index contributed by atoms with van der Waals surface area (Å²) in [6.45, 7) is 0.385. The van der Waals surface area contributed by atoms with Gasteiger partial charge in [-0.1, -0.05) is 30.3 Å². The van der Waals surface area contributed by atoms with E-state index < -0.39 is 17.4 Å². The maximum atomic E-state index is 13.6. The summed E-state index contributed by atoms with van der Waals surface area (Å²) in [5.41, 5.74) is 6.31. The Kier molecular flexibility index (Phi) is 4.02. The number of hydrogen-bond acceptors (Lipinski definition) is 2. The van der Waals surface area contributed by atoms with E-state index in [0.717, 1.165) is 11.6 Å². The van der Waals surface area contributed by atoms with E-state index in [2.05, 4.69) is 0 Å². The van der Waals surface area contributed by atoms with E-state index in [1.165, 1.54) is 12.1 Å². The first-order valence-corrected chi connectivity index (χ1v) is 5.92. The van der Waals surface area contributed by atoms with Crippen LogP contribution in [0.15, 0.2) is 42.5 Å². The van der Waals surface area contributed by atoms with Crippen molar-refractivity contribution in [1.82, 2.24) is 0 Å². The number of benzene rings is 2. The van der Waals surface area contributed by atoms with Crippen LogP contribution in [0.4, 0.5) is 8.78 Å². The van der Waals surface area contributed by atoms with Gasteiger partial charge in [-0.25, -0.2) is 8.78 Å². The second-order valence-corrected chi connectivity index (χ2v) is 4.13. The molecule has 0 heterocycles. The second-order valence-electron chi connectivity index (χ2n) is 4.13.